The Balaban J connectivity index is 0.000000169. The molecular formula is C29H22ClN5O6S. The number of aromatic nitrogens is 4. The molecule has 0 bridgehead atoms. The van der Waals surface area contributed by atoms with Gasteiger partial charge in [-0.15, -0.1) is 0 Å². The Kier molecular flexibility index (Phi) is 7.52. The predicted octanol–water partition coefficient (Wildman–Crippen LogP) is 2.97. The van der Waals surface area contributed by atoms with E-state index in [0.29, 0.717) is 32.5 Å². The van der Waals surface area contributed by atoms with E-state index in [4.69, 9.17) is 16.7 Å². The summed E-state index contributed by atoms with van der Waals surface area (Å²) in [6.07, 6.45) is 0. The smallest absolute Gasteiger partial charge is 0.306 e. The minimum Gasteiger partial charge on any atom is -0.306 e. The van der Waals surface area contributed by atoms with Gasteiger partial charge >= 0.3 is 11.4 Å². The lowest BCUT2D eigenvalue weighted by Crippen LogP contribution is -2.33. The molecule has 0 radical (unpaired) electrons. The van der Waals surface area contributed by atoms with Gasteiger partial charge in [-0.1, -0.05) is 41.4 Å². The first-order chi connectivity index (χ1) is 19.9. The highest BCUT2D eigenvalue weighted by atomic mass is 35.5. The first-order valence-corrected chi connectivity index (χ1v) is 14.3. The second-order valence-electron chi connectivity index (χ2n) is 9.25. The molecule has 0 atom stereocenters. The van der Waals surface area contributed by atoms with Crippen molar-refractivity contribution in [3.63, 3.8) is 0 Å². The van der Waals surface area contributed by atoms with Gasteiger partial charge in [0, 0.05) is 5.02 Å². The quantitative estimate of drug-likeness (QED) is 0.281. The fourth-order valence-corrected chi connectivity index (χ4v) is 4.98. The van der Waals surface area contributed by atoms with E-state index in [-0.39, 0.29) is 16.1 Å². The zero-order valence-corrected chi connectivity index (χ0v) is 23.4. The highest BCUT2D eigenvalue weighted by molar-refractivity contribution is 7.89. The lowest BCUT2D eigenvalue weighted by Gasteiger charge is -2.07. The molecule has 0 amide bonds. The maximum Gasteiger partial charge on any atom is 0.333 e. The summed E-state index contributed by atoms with van der Waals surface area (Å²) < 4.78 is 24.5. The molecule has 0 fully saturated rings. The summed E-state index contributed by atoms with van der Waals surface area (Å²) in [5.41, 5.74) is 0.830. The Morgan fingerprint density at radius 3 is 1.74 bits per heavy atom. The van der Waals surface area contributed by atoms with Gasteiger partial charge in [0.05, 0.1) is 38.1 Å². The molecule has 42 heavy (non-hydrogen) atoms. The highest BCUT2D eigenvalue weighted by Crippen LogP contribution is 2.15. The maximum absolute atomic E-state index is 12.5. The summed E-state index contributed by atoms with van der Waals surface area (Å²) in [6.45, 7) is 1.94. The summed E-state index contributed by atoms with van der Waals surface area (Å²) in [6, 6.07) is 23.8. The average molecular weight is 604 g/mol. The Morgan fingerprint density at radius 2 is 1.17 bits per heavy atom. The molecule has 0 unspecified atom stereocenters. The molecule has 13 heteroatoms. The van der Waals surface area contributed by atoms with Gasteiger partial charge in [0.1, 0.15) is 0 Å². The highest BCUT2D eigenvalue weighted by Gasteiger charge is 2.12. The minimum absolute atomic E-state index is 0.0958. The van der Waals surface area contributed by atoms with Gasteiger partial charge in [-0.05, 0) is 73.7 Å². The van der Waals surface area contributed by atoms with Gasteiger partial charge in [0.15, 0.2) is 0 Å². The van der Waals surface area contributed by atoms with E-state index in [0.717, 1.165) is 14.7 Å². The van der Waals surface area contributed by atoms with Crippen LogP contribution in [0, 0.1) is 6.92 Å². The number of primary sulfonamides is 1. The fourth-order valence-electron chi connectivity index (χ4n) is 4.30. The summed E-state index contributed by atoms with van der Waals surface area (Å²) in [4.78, 5) is 54.3. The summed E-state index contributed by atoms with van der Waals surface area (Å²) >= 11 is 5.91. The van der Waals surface area contributed by atoms with Crippen molar-refractivity contribution >= 4 is 43.4 Å². The van der Waals surface area contributed by atoms with Crippen molar-refractivity contribution in [3.8, 4) is 11.4 Å². The number of nitrogens with zero attached hydrogens (tertiary/aromatic N) is 2. The van der Waals surface area contributed by atoms with E-state index in [1.165, 1.54) is 24.3 Å². The molecule has 4 N–H and O–H groups in total. The molecule has 2 heterocycles. The van der Waals surface area contributed by atoms with Crippen LogP contribution in [0.4, 0.5) is 0 Å². The van der Waals surface area contributed by atoms with Gasteiger partial charge in [-0.3, -0.25) is 9.59 Å². The van der Waals surface area contributed by atoms with Gasteiger partial charge in [-0.2, -0.15) is 0 Å². The van der Waals surface area contributed by atoms with Gasteiger partial charge in [0.2, 0.25) is 10.0 Å². The number of hydrogen-bond donors (Lipinski definition) is 3. The summed E-state index contributed by atoms with van der Waals surface area (Å²) in [5, 5.41) is 6.22. The van der Waals surface area contributed by atoms with Crippen molar-refractivity contribution in [2.75, 3.05) is 0 Å². The molecule has 6 rings (SSSR count). The third kappa shape index (κ3) is 5.59. The lowest BCUT2D eigenvalue weighted by atomic mass is 10.2. The second-order valence-corrected chi connectivity index (χ2v) is 11.2. The van der Waals surface area contributed by atoms with E-state index in [1.807, 2.05) is 19.1 Å². The normalized spacial score (nSPS) is 11.3. The standard InChI is InChI=1S/C15H11ClN2O2.C14H11N3O4S/c1-9-2-5-11(6-3-9)18-14(19)12-8-10(16)4-7-13(12)17-15(18)20;15-22(20,21)10-7-5-9(6-8-10)17-13(18)11-3-1-2-4-12(11)16-14(17)19/h2-8H,1H3,(H,17,20);1-8H,(H,16,19)(H2,15,20,21). The SMILES string of the molecule is Cc1ccc(-n2c(=O)[nH]c3ccc(Cl)cc3c2=O)cc1.NS(=O)(=O)c1ccc(-n2c(=O)[nH]c3ccccc3c2=O)cc1. The number of rotatable bonds is 3. The van der Waals surface area contributed by atoms with Crippen LogP contribution in [0.1, 0.15) is 5.56 Å². The van der Waals surface area contributed by atoms with Crippen LogP contribution in [0.3, 0.4) is 0 Å². The number of hydrogen-bond acceptors (Lipinski definition) is 6. The monoisotopic (exact) mass is 603 g/mol. The Morgan fingerprint density at radius 1 is 0.667 bits per heavy atom. The van der Waals surface area contributed by atoms with Crippen molar-refractivity contribution in [3.05, 3.63) is 143 Å². The first-order valence-electron chi connectivity index (χ1n) is 12.3. The molecule has 4 aromatic carbocycles. The van der Waals surface area contributed by atoms with E-state index in [2.05, 4.69) is 9.97 Å². The third-order valence-electron chi connectivity index (χ3n) is 6.38. The largest absolute Gasteiger partial charge is 0.333 e. The van der Waals surface area contributed by atoms with Crippen LogP contribution in [0.15, 0.2) is 115 Å². The van der Waals surface area contributed by atoms with E-state index < -0.39 is 27.0 Å². The lowest BCUT2D eigenvalue weighted by molar-refractivity contribution is 0.598. The van der Waals surface area contributed by atoms with Gasteiger partial charge in [0.25, 0.3) is 11.1 Å². The van der Waals surface area contributed by atoms with Crippen LogP contribution in [0.2, 0.25) is 5.02 Å². The number of aromatic amines is 2. The number of nitrogens with one attached hydrogen (secondary N) is 2. The zero-order valence-electron chi connectivity index (χ0n) is 21.9. The molecule has 2 aromatic heterocycles. The Bertz CT molecular complexity index is 2320. The van der Waals surface area contributed by atoms with Crippen molar-refractivity contribution < 1.29 is 8.42 Å². The number of nitrogens with two attached hydrogens (primary N) is 1. The molecule has 0 spiro atoms. The third-order valence-corrected chi connectivity index (χ3v) is 7.55. The van der Waals surface area contributed by atoms with Crippen molar-refractivity contribution in [1.82, 2.24) is 19.1 Å². The molecule has 212 valence electrons. The molecule has 0 aliphatic carbocycles. The number of sulfonamides is 1. The maximum atomic E-state index is 12.5. The first kappa shape index (κ1) is 28.5. The second kappa shape index (κ2) is 11.1. The van der Waals surface area contributed by atoms with Crippen molar-refractivity contribution in [2.45, 2.75) is 11.8 Å². The molecule has 6 aromatic rings. The fraction of sp³-hybridized carbons (Fsp3) is 0.0345. The summed E-state index contributed by atoms with van der Waals surface area (Å²) in [7, 11) is -3.83. The number of halogens is 1. The average Bonchev–Trinajstić information content (AvgIpc) is 2.95. The van der Waals surface area contributed by atoms with Crippen LogP contribution in [-0.2, 0) is 10.0 Å². The number of benzene rings is 4. The van der Waals surface area contributed by atoms with Crippen LogP contribution in [0.5, 0.6) is 0 Å². The number of para-hydroxylation sites is 1. The molecular weight excluding hydrogens is 582 g/mol. The van der Waals surface area contributed by atoms with Crippen LogP contribution >= 0.6 is 11.6 Å². The number of H-pyrrole nitrogens is 2. The predicted molar refractivity (Wildman–Crippen MR) is 161 cm³/mol. The molecule has 11 nitrogen and oxygen atoms in total. The van der Waals surface area contributed by atoms with E-state index in [1.54, 1.807) is 54.6 Å². The number of aryl methyl sites for hydroxylation is 1. The number of fused-ring (bicyclic) bond motifs is 2. The van der Waals surface area contributed by atoms with Crippen molar-refractivity contribution in [1.29, 1.82) is 0 Å². The minimum atomic E-state index is -3.83. The van der Waals surface area contributed by atoms with Crippen LogP contribution in [0.25, 0.3) is 33.2 Å². The molecule has 0 aliphatic heterocycles. The van der Waals surface area contributed by atoms with E-state index in [9.17, 15) is 27.6 Å². The topological polar surface area (TPSA) is 170 Å². The van der Waals surface area contributed by atoms with Crippen molar-refractivity contribution in [2.24, 2.45) is 5.14 Å². The van der Waals surface area contributed by atoms with E-state index >= 15 is 0 Å². The molecule has 0 saturated heterocycles. The molecule has 0 aliphatic rings. The van der Waals surface area contributed by atoms with Gasteiger partial charge in [-0.25, -0.2) is 32.3 Å². The summed E-state index contributed by atoms with van der Waals surface area (Å²) in [5.74, 6) is 0. The van der Waals surface area contributed by atoms with Gasteiger partial charge < -0.3 is 9.97 Å². The van der Waals surface area contributed by atoms with Crippen LogP contribution < -0.4 is 27.6 Å². The molecule has 0 saturated carbocycles. The Hall–Kier alpha value is -5.04. The zero-order chi connectivity index (χ0) is 30.2. The Labute approximate surface area is 242 Å². The van der Waals surface area contributed by atoms with Crippen LogP contribution in [-0.4, -0.2) is 27.5 Å².